The number of hydrogen-bond donors (Lipinski definition) is 0. The van der Waals surface area contributed by atoms with E-state index in [1.807, 2.05) is 0 Å². The van der Waals surface area contributed by atoms with Gasteiger partial charge in [0.05, 0.1) is 22.5 Å². The summed E-state index contributed by atoms with van der Waals surface area (Å²) in [5.74, 6) is -0.516. The van der Waals surface area contributed by atoms with E-state index in [0.717, 1.165) is 0 Å². The maximum absolute atomic E-state index is 10.5. The number of carbonyl (C=O) groups excluding carboxylic acids is 1. The second-order valence-corrected chi connectivity index (χ2v) is 4.26. The van der Waals surface area contributed by atoms with Crippen LogP contribution < -0.4 is 0 Å². The molecule has 98 valence electrons. The van der Waals surface area contributed by atoms with E-state index in [2.05, 4.69) is 20.2 Å². The minimum absolute atomic E-state index is 0.400. The molecule has 0 atom stereocenters. The third-order valence-corrected chi connectivity index (χ3v) is 2.62. The van der Waals surface area contributed by atoms with E-state index < -0.39 is 5.97 Å². The number of oxime groups is 1. The number of rotatable bonds is 3. The van der Waals surface area contributed by atoms with Crippen LogP contribution in [0, 0.1) is 0 Å². The van der Waals surface area contributed by atoms with Crippen LogP contribution in [0.25, 0.3) is 5.69 Å². The third kappa shape index (κ3) is 3.30. The lowest BCUT2D eigenvalue weighted by Crippen LogP contribution is -2.01. The second-order valence-electron chi connectivity index (χ2n) is 3.45. The molecule has 0 bridgehead atoms. The fraction of sp³-hybridized carbons (Fsp3) is 0.0909. The lowest BCUT2D eigenvalue weighted by molar-refractivity contribution is -0.140. The minimum Gasteiger partial charge on any atom is -0.319 e. The summed E-state index contributed by atoms with van der Waals surface area (Å²) in [6.45, 7) is 1.25. The standard InChI is InChI=1S/C11H8Cl2N4O2/c1-7(18)19-15-6-8-5-14-17(16-8)11-9(12)3-2-4-10(11)13/h2-6H,1H3/b15-6+. The molecule has 0 aliphatic carbocycles. The lowest BCUT2D eigenvalue weighted by Gasteiger charge is -2.04. The van der Waals surface area contributed by atoms with Crippen molar-refractivity contribution in [1.29, 1.82) is 0 Å². The zero-order chi connectivity index (χ0) is 13.8. The van der Waals surface area contributed by atoms with Gasteiger partial charge in [-0.2, -0.15) is 5.10 Å². The van der Waals surface area contributed by atoms with Gasteiger partial charge in [-0.05, 0) is 12.1 Å². The fourth-order valence-electron chi connectivity index (χ4n) is 1.28. The Morgan fingerprint density at radius 3 is 2.74 bits per heavy atom. The highest BCUT2D eigenvalue weighted by Gasteiger charge is 2.10. The highest BCUT2D eigenvalue weighted by molar-refractivity contribution is 6.37. The van der Waals surface area contributed by atoms with Crippen LogP contribution in [0.1, 0.15) is 12.6 Å². The van der Waals surface area contributed by atoms with Crippen LogP contribution in [-0.4, -0.2) is 27.2 Å². The van der Waals surface area contributed by atoms with Crippen LogP contribution in [0.5, 0.6) is 0 Å². The number of para-hydroxylation sites is 1. The van der Waals surface area contributed by atoms with Crippen molar-refractivity contribution in [3.8, 4) is 5.69 Å². The van der Waals surface area contributed by atoms with Crippen LogP contribution >= 0.6 is 23.2 Å². The van der Waals surface area contributed by atoms with Gasteiger partial charge in [0.25, 0.3) is 0 Å². The van der Waals surface area contributed by atoms with Crippen molar-refractivity contribution in [2.24, 2.45) is 5.16 Å². The molecule has 6 nitrogen and oxygen atoms in total. The zero-order valence-corrected chi connectivity index (χ0v) is 11.3. The normalized spacial score (nSPS) is 10.9. The van der Waals surface area contributed by atoms with Gasteiger partial charge in [0.1, 0.15) is 11.4 Å². The summed E-state index contributed by atoms with van der Waals surface area (Å²) in [6, 6.07) is 5.08. The van der Waals surface area contributed by atoms with E-state index in [1.165, 1.54) is 24.1 Å². The predicted molar refractivity (Wildman–Crippen MR) is 70.7 cm³/mol. The van der Waals surface area contributed by atoms with Crippen molar-refractivity contribution in [2.75, 3.05) is 0 Å². The van der Waals surface area contributed by atoms with Crippen LogP contribution in [0.15, 0.2) is 29.6 Å². The zero-order valence-electron chi connectivity index (χ0n) is 9.75. The molecule has 0 aliphatic heterocycles. The Kier molecular flexibility index (Phi) is 4.13. The molecule has 0 saturated heterocycles. The van der Waals surface area contributed by atoms with Crippen LogP contribution in [0.3, 0.4) is 0 Å². The van der Waals surface area contributed by atoms with Gasteiger partial charge in [0, 0.05) is 6.92 Å². The molecule has 0 spiro atoms. The first-order chi connectivity index (χ1) is 9.08. The molecule has 1 aromatic heterocycles. The molecule has 0 unspecified atom stereocenters. The maximum atomic E-state index is 10.5. The quantitative estimate of drug-likeness (QED) is 0.496. The van der Waals surface area contributed by atoms with Gasteiger partial charge < -0.3 is 4.84 Å². The first kappa shape index (κ1) is 13.5. The Hall–Kier alpha value is -1.92. The highest BCUT2D eigenvalue weighted by Crippen LogP contribution is 2.26. The van der Waals surface area contributed by atoms with Crippen LogP contribution in [0.4, 0.5) is 0 Å². The summed E-state index contributed by atoms with van der Waals surface area (Å²) >= 11 is 12.1. The van der Waals surface area contributed by atoms with Gasteiger partial charge in [-0.1, -0.05) is 34.4 Å². The molecular formula is C11H8Cl2N4O2. The van der Waals surface area contributed by atoms with Gasteiger partial charge in [-0.25, -0.2) is 4.79 Å². The number of nitrogens with zero attached hydrogens (tertiary/aromatic N) is 4. The number of aromatic nitrogens is 3. The van der Waals surface area contributed by atoms with E-state index in [1.54, 1.807) is 18.2 Å². The van der Waals surface area contributed by atoms with Gasteiger partial charge >= 0.3 is 5.97 Å². The summed E-state index contributed by atoms with van der Waals surface area (Å²) in [5, 5.41) is 12.4. The summed E-state index contributed by atoms with van der Waals surface area (Å²) < 4.78 is 0. The van der Waals surface area contributed by atoms with Crippen molar-refractivity contribution in [1.82, 2.24) is 15.0 Å². The fourth-order valence-corrected chi connectivity index (χ4v) is 1.83. The molecule has 2 rings (SSSR count). The van der Waals surface area contributed by atoms with Crippen molar-refractivity contribution in [2.45, 2.75) is 6.92 Å². The SMILES string of the molecule is CC(=O)O/N=C/c1cnn(-c2c(Cl)cccc2Cl)n1. The Morgan fingerprint density at radius 2 is 2.11 bits per heavy atom. The monoisotopic (exact) mass is 298 g/mol. The number of carbonyl (C=O) groups is 1. The molecular weight excluding hydrogens is 291 g/mol. The summed E-state index contributed by atoms with van der Waals surface area (Å²) in [7, 11) is 0. The Morgan fingerprint density at radius 1 is 1.42 bits per heavy atom. The van der Waals surface area contributed by atoms with Crippen molar-refractivity contribution in [3.05, 3.63) is 40.1 Å². The average Bonchev–Trinajstić information content (AvgIpc) is 2.77. The summed E-state index contributed by atoms with van der Waals surface area (Å²) in [6.07, 6.45) is 2.70. The first-order valence-electron chi connectivity index (χ1n) is 5.15. The van der Waals surface area contributed by atoms with Crippen molar-refractivity contribution in [3.63, 3.8) is 0 Å². The molecule has 0 saturated carbocycles. The number of benzene rings is 1. The van der Waals surface area contributed by atoms with Crippen LogP contribution in [-0.2, 0) is 9.63 Å². The molecule has 8 heteroatoms. The maximum Gasteiger partial charge on any atom is 0.331 e. The Balaban J connectivity index is 2.26. The molecule has 1 heterocycles. The molecule has 2 aromatic rings. The second kappa shape index (κ2) is 5.81. The topological polar surface area (TPSA) is 69.4 Å². The smallest absolute Gasteiger partial charge is 0.319 e. The summed E-state index contributed by atoms with van der Waals surface area (Å²) in [4.78, 5) is 16.2. The molecule has 0 aliphatic rings. The minimum atomic E-state index is -0.516. The number of hydrogen-bond acceptors (Lipinski definition) is 5. The highest BCUT2D eigenvalue weighted by atomic mass is 35.5. The van der Waals surface area contributed by atoms with Gasteiger partial charge in [-0.15, -0.1) is 9.90 Å². The van der Waals surface area contributed by atoms with E-state index >= 15 is 0 Å². The first-order valence-corrected chi connectivity index (χ1v) is 5.91. The van der Waals surface area contributed by atoms with Gasteiger partial charge in [-0.3, -0.25) is 0 Å². The molecule has 0 amide bonds. The third-order valence-electron chi connectivity index (χ3n) is 2.01. The van der Waals surface area contributed by atoms with E-state index in [-0.39, 0.29) is 0 Å². The molecule has 0 N–H and O–H groups in total. The largest absolute Gasteiger partial charge is 0.331 e. The van der Waals surface area contributed by atoms with Gasteiger partial charge in [0.2, 0.25) is 0 Å². The summed E-state index contributed by atoms with van der Waals surface area (Å²) in [5.41, 5.74) is 0.871. The van der Waals surface area contributed by atoms with E-state index in [9.17, 15) is 4.79 Å². The molecule has 0 radical (unpaired) electrons. The van der Waals surface area contributed by atoms with Crippen molar-refractivity contribution >= 4 is 35.4 Å². The average molecular weight is 299 g/mol. The van der Waals surface area contributed by atoms with Crippen molar-refractivity contribution < 1.29 is 9.63 Å². The van der Waals surface area contributed by atoms with Gasteiger partial charge in [0.15, 0.2) is 0 Å². The van der Waals surface area contributed by atoms with E-state index in [4.69, 9.17) is 23.2 Å². The Bertz CT molecular complexity index is 619. The molecule has 0 fully saturated rings. The number of halogens is 2. The predicted octanol–water partition coefficient (Wildman–Crippen LogP) is 2.47. The molecule has 19 heavy (non-hydrogen) atoms. The lowest BCUT2D eigenvalue weighted by atomic mass is 10.3. The van der Waals surface area contributed by atoms with E-state index in [0.29, 0.717) is 21.4 Å². The molecule has 1 aromatic carbocycles. The van der Waals surface area contributed by atoms with Crippen LogP contribution in [0.2, 0.25) is 10.0 Å². The Labute approximate surface area is 118 Å².